The third kappa shape index (κ3) is 5.06. The SMILES string of the molecule is O=S1(=O)CCN(CC#Cc2cnc3c(n2)N(Cc2c(F)ccc(F)c2Cl)CCN3)CC1. The monoisotopic (exact) mass is 467 g/mol. The summed E-state index contributed by atoms with van der Waals surface area (Å²) in [4.78, 5) is 12.6. The Bertz CT molecular complexity index is 1150. The lowest BCUT2D eigenvalue weighted by molar-refractivity contribution is 0.332. The molecule has 0 saturated carbocycles. The number of nitrogens with one attached hydrogen (secondary N) is 1. The molecule has 1 aromatic heterocycles. The van der Waals surface area contributed by atoms with E-state index < -0.39 is 21.5 Å². The average Bonchev–Trinajstić information content (AvgIpc) is 2.75. The van der Waals surface area contributed by atoms with Crippen LogP contribution in [0, 0.1) is 23.5 Å². The van der Waals surface area contributed by atoms with E-state index >= 15 is 0 Å². The second-order valence-corrected chi connectivity index (χ2v) is 10.0. The van der Waals surface area contributed by atoms with Gasteiger partial charge in [-0.25, -0.2) is 27.2 Å². The molecule has 0 radical (unpaired) electrons. The minimum Gasteiger partial charge on any atom is -0.365 e. The first-order valence-corrected chi connectivity index (χ1v) is 11.9. The molecule has 7 nitrogen and oxygen atoms in total. The van der Waals surface area contributed by atoms with Gasteiger partial charge in [-0.2, -0.15) is 0 Å². The molecule has 2 aromatic rings. The minimum atomic E-state index is -2.93. The molecule has 164 valence electrons. The molecule has 31 heavy (non-hydrogen) atoms. The molecule has 0 bridgehead atoms. The van der Waals surface area contributed by atoms with Gasteiger partial charge < -0.3 is 10.2 Å². The largest absolute Gasteiger partial charge is 0.365 e. The van der Waals surface area contributed by atoms with Crippen molar-refractivity contribution in [1.82, 2.24) is 14.9 Å². The molecule has 0 atom stereocenters. The molecule has 3 heterocycles. The number of halogens is 3. The fraction of sp³-hybridized carbons (Fsp3) is 0.400. The molecular weight excluding hydrogens is 448 g/mol. The maximum absolute atomic E-state index is 14.2. The lowest BCUT2D eigenvalue weighted by atomic mass is 10.1. The van der Waals surface area contributed by atoms with Gasteiger partial charge in [-0.1, -0.05) is 17.5 Å². The normalized spacial score (nSPS) is 18.0. The molecule has 0 aliphatic carbocycles. The van der Waals surface area contributed by atoms with Crippen LogP contribution in [0.3, 0.4) is 0 Å². The lowest BCUT2D eigenvalue weighted by Crippen LogP contribution is -2.40. The molecule has 0 unspecified atom stereocenters. The molecule has 2 aliphatic heterocycles. The highest BCUT2D eigenvalue weighted by atomic mass is 35.5. The van der Waals surface area contributed by atoms with Crippen LogP contribution in [0.5, 0.6) is 0 Å². The summed E-state index contributed by atoms with van der Waals surface area (Å²) in [6, 6.07) is 2.05. The summed E-state index contributed by atoms with van der Waals surface area (Å²) in [5.74, 6) is 6.01. The van der Waals surface area contributed by atoms with Gasteiger partial charge in [0, 0.05) is 38.3 Å². The van der Waals surface area contributed by atoms with Crippen molar-refractivity contribution in [3.05, 3.63) is 46.2 Å². The van der Waals surface area contributed by atoms with E-state index in [0.29, 0.717) is 50.1 Å². The molecule has 1 fully saturated rings. The van der Waals surface area contributed by atoms with Gasteiger partial charge in [0.05, 0.1) is 29.3 Å². The third-order valence-electron chi connectivity index (χ3n) is 5.17. The summed E-state index contributed by atoms with van der Waals surface area (Å²) in [5, 5.41) is 2.89. The quantitative estimate of drug-likeness (QED) is 0.546. The van der Waals surface area contributed by atoms with E-state index in [2.05, 4.69) is 27.1 Å². The molecule has 2 aliphatic rings. The molecule has 1 aromatic carbocycles. The fourth-order valence-electron chi connectivity index (χ4n) is 3.41. The Balaban J connectivity index is 1.51. The van der Waals surface area contributed by atoms with Crippen LogP contribution in [0.2, 0.25) is 5.02 Å². The van der Waals surface area contributed by atoms with Crippen LogP contribution in [0.25, 0.3) is 0 Å². The number of hydrogen-bond acceptors (Lipinski definition) is 7. The Morgan fingerprint density at radius 1 is 1.16 bits per heavy atom. The van der Waals surface area contributed by atoms with Crippen LogP contribution in [0.4, 0.5) is 20.4 Å². The number of rotatable bonds is 3. The van der Waals surface area contributed by atoms with Crippen molar-refractivity contribution in [2.75, 3.05) is 54.4 Å². The van der Waals surface area contributed by atoms with Gasteiger partial charge >= 0.3 is 0 Å². The standard InChI is InChI=1S/C20H20ClF2N5O2S/c21-18-15(16(22)3-4-17(18)23)13-28-7-5-24-19-20(28)26-14(12-25-19)2-1-6-27-8-10-31(29,30)11-9-27/h3-4,12H,5-11,13H2,(H,24,25). The van der Waals surface area contributed by atoms with Crippen molar-refractivity contribution in [2.45, 2.75) is 6.54 Å². The van der Waals surface area contributed by atoms with Gasteiger partial charge in [0.25, 0.3) is 0 Å². The fourth-order valence-corrected chi connectivity index (χ4v) is 4.90. The number of nitrogens with zero attached hydrogens (tertiary/aromatic N) is 4. The van der Waals surface area contributed by atoms with Crippen molar-refractivity contribution in [1.29, 1.82) is 0 Å². The molecule has 0 amide bonds. The van der Waals surface area contributed by atoms with Gasteiger partial charge in [0.1, 0.15) is 17.3 Å². The van der Waals surface area contributed by atoms with Crippen molar-refractivity contribution >= 4 is 33.1 Å². The summed E-state index contributed by atoms with van der Waals surface area (Å²) < 4.78 is 51.0. The van der Waals surface area contributed by atoms with Crippen molar-refractivity contribution in [2.24, 2.45) is 0 Å². The second kappa shape index (κ2) is 8.94. The Hall–Kier alpha value is -2.48. The average molecular weight is 468 g/mol. The first kappa shape index (κ1) is 21.7. The zero-order chi connectivity index (χ0) is 22.0. The second-order valence-electron chi connectivity index (χ2n) is 7.33. The lowest BCUT2D eigenvalue weighted by Gasteiger charge is -2.30. The maximum Gasteiger partial charge on any atom is 0.173 e. The van der Waals surface area contributed by atoms with E-state index in [1.807, 2.05) is 4.90 Å². The summed E-state index contributed by atoms with van der Waals surface area (Å²) >= 11 is 5.98. The van der Waals surface area contributed by atoms with Crippen LogP contribution in [-0.2, 0) is 16.4 Å². The number of anilines is 2. The molecular formula is C20H20ClF2N5O2S. The van der Waals surface area contributed by atoms with E-state index in [0.717, 1.165) is 12.1 Å². The summed E-state index contributed by atoms with van der Waals surface area (Å²) in [7, 11) is -2.93. The Morgan fingerprint density at radius 2 is 1.90 bits per heavy atom. The number of aromatic nitrogens is 2. The van der Waals surface area contributed by atoms with Gasteiger partial charge in [-0.3, -0.25) is 4.90 Å². The van der Waals surface area contributed by atoms with Gasteiger partial charge in [0.2, 0.25) is 0 Å². The molecule has 0 spiro atoms. The van der Waals surface area contributed by atoms with Crippen molar-refractivity contribution in [3.8, 4) is 11.8 Å². The van der Waals surface area contributed by atoms with E-state index in [1.54, 1.807) is 11.1 Å². The predicted octanol–water partition coefficient (Wildman–Crippen LogP) is 1.92. The maximum atomic E-state index is 14.2. The predicted molar refractivity (Wildman–Crippen MR) is 115 cm³/mol. The summed E-state index contributed by atoms with van der Waals surface area (Å²) in [5.41, 5.74) is 0.496. The first-order valence-electron chi connectivity index (χ1n) is 9.72. The Morgan fingerprint density at radius 3 is 2.68 bits per heavy atom. The van der Waals surface area contributed by atoms with Gasteiger partial charge in [-0.15, -0.1) is 0 Å². The summed E-state index contributed by atoms with van der Waals surface area (Å²) in [6.45, 7) is 2.48. The smallest absolute Gasteiger partial charge is 0.173 e. The number of sulfone groups is 1. The molecule has 11 heteroatoms. The van der Waals surface area contributed by atoms with Crippen molar-refractivity contribution < 1.29 is 17.2 Å². The third-order valence-corrected chi connectivity index (χ3v) is 7.19. The van der Waals surface area contributed by atoms with E-state index in [4.69, 9.17) is 11.6 Å². The first-order chi connectivity index (χ1) is 14.8. The highest BCUT2D eigenvalue weighted by Crippen LogP contribution is 2.30. The van der Waals surface area contributed by atoms with E-state index in [-0.39, 0.29) is 28.6 Å². The zero-order valence-corrected chi connectivity index (χ0v) is 18.1. The van der Waals surface area contributed by atoms with E-state index in [9.17, 15) is 17.2 Å². The minimum absolute atomic E-state index is 0.0465. The molecule has 4 rings (SSSR count). The van der Waals surface area contributed by atoms with E-state index in [1.165, 1.54) is 0 Å². The Labute approximate surface area is 184 Å². The van der Waals surface area contributed by atoms with Gasteiger partial charge in [0.15, 0.2) is 21.5 Å². The van der Waals surface area contributed by atoms with Crippen LogP contribution in [0.1, 0.15) is 11.3 Å². The van der Waals surface area contributed by atoms with Crippen LogP contribution >= 0.6 is 11.6 Å². The topological polar surface area (TPSA) is 78.4 Å². The van der Waals surface area contributed by atoms with Crippen LogP contribution < -0.4 is 10.2 Å². The Kier molecular flexibility index (Phi) is 6.27. The summed E-state index contributed by atoms with van der Waals surface area (Å²) in [6.07, 6.45) is 1.54. The highest BCUT2D eigenvalue weighted by Gasteiger charge is 2.23. The van der Waals surface area contributed by atoms with Crippen molar-refractivity contribution in [3.63, 3.8) is 0 Å². The highest BCUT2D eigenvalue weighted by molar-refractivity contribution is 7.91. The van der Waals surface area contributed by atoms with Crippen LogP contribution in [-0.4, -0.2) is 67.5 Å². The number of hydrogen-bond donors (Lipinski definition) is 1. The van der Waals surface area contributed by atoms with Crippen LogP contribution in [0.15, 0.2) is 18.3 Å². The molecule has 1 N–H and O–H groups in total. The molecule has 1 saturated heterocycles. The number of fused-ring (bicyclic) bond motifs is 1. The van der Waals surface area contributed by atoms with Gasteiger partial charge in [-0.05, 0) is 18.1 Å². The number of benzene rings is 1. The zero-order valence-electron chi connectivity index (χ0n) is 16.5.